The first kappa shape index (κ1) is 16.6. The van der Waals surface area contributed by atoms with E-state index in [1.807, 2.05) is 13.0 Å². The average Bonchev–Trinajstić information content (AvgIpc) is 2.60. The lowest BCUT2D eigenvalue weighted by Crippen LogP contribution is -2.15. The quantitative estimate of drug-likeness (QED) is 0.737. The summed E-state index contributed by atoms with van der Waals surface area (Å²) < 4.78 is 23.6. The van der Waals surface area contributed by atoms with Gasteiger partial charge in [0.1, 0.15) is 12.4 Å². The van der Waals surface area contributed by atoms with Gasteiger partial charge < -0.3 is 14.5 Å². The van der Waals surface area contributed by atoms with Crippen LogP contribution in [0.15, 0.2) is 41.2 Å². The third-order valence-corrected chi connectivity index (χ3v) is 3.71. The van der Waals surface area contributed by atoms with Gasteiger partial charge in [-0.1, -0.05) is 12.1 Å². The van der Waals surface area contributed by atoms with Crippen LogP contribution in [0.5, 0.6) is 5.75 Å². The number of nitrogens with one attached hydrogen (secondary N) is 1. The predicted octanol–water partition coefficient (Wildman–Crippen LogP) is 2.74. The largest absolute Gasteiger partial charge is 0.494 e. The van der Waals surface area contributed by atoms with Gasteiger partial charge in [0, 0.05) is 0 Å². The number of carbonyl (C=O) groups excluding carboxylic acids is 1. The van der Waals surface area contributed by atoms with E-state index >= 15 is 0 Å². The van der Waals surface area contributed by atoms with E-state index in [-0.39, 0.29) is 29.3 Å². The van der Waals surface area contributed by atoms with Crippen molar-refractivity contribution >= 4 is 16.9 Å². The molecule has 0 aliphatic heterocycles. The number of nitrogens with zero attached hydrogens (tertiary/aromatic N) is 1. The van der Waals surface area contributed by atoms with Gasteiger partial charge in [0.15, 0.2) is 11.6 Å². The molecule has 0 atom stereocenters. The minimum Gasteiger partial charge on any atom is -0.494 e. The monoisotopic (exact) mass is 342 g/mol. The molecule has 25 heavy (non-hydrogen) atoms. The molecule has 1 aromatic heterocycles. The molecule has 0 fully saturated rings. The second kappa shape index (κ2) is 6.72. The molecule has 0 bridgehead atoms. The summed E-state index contributed by atoms with van der Waals surface area (Å²) in [4.78, 5) is 31.0. The Hall–Kier alpha value is -3.22. The third kappa shape index (κ3) is 3.35. The zero-order chi connectivity index (χ0) is 18.0. The molecule has 7 heteroatoms. The Balaban J connectivity index is 1.80. The van der Waals surface area contributed by atoms with Crippen LogP contribution >= 0.6 is 0 Å². The molecular weight excluding hydrogens is 327 g/mol. The van der Waals surface area contributed by atoms with Gasteiger partial charge in [0.25, 0.3) is 5.56 Å². The van der Waals surface area contributed by atoms with Gasteiger partial charge in [-0.2, -0.15) is 0 Å². The van der Waals surface area contributed by atoms with E-state index in [4.69, 9.17) is 9.47 Å². The smallest absolute Gasteiger partial charge is 0.338 e. The summed E-state index contributed by atoms with van der Waals surface area (Å²) in [5, 5.41) is 0.465. The molecule has 0 aliphatic rings. The van der Waals surface area contributed by atoms with Gasteiger partial charge >= 0.3 is 5.97 Å². The molecule has 0 unspecified atom stereocenters. The number of aryl methyl sites for hydroxylation is 1. The number of methoxy groups -OCH3 is 1. The van der Waals surface area contributed by atoms with Crippen LogP contribution in [0.1, 0.15) is 21.7 Å². The highest BCUT2D eigenvalue weighted by atomic mass is 19.1. The number of hydrogen-bond donors (Lipinski definition) is 1. The Morgan fingerprint density at radius 1 is 1.28 bits per heavy atom. The van der Waals surface area contributed by atoms with Gasteiger partial charge in [-0.25, -0.2) is 14.2 Å². The molecule has 0 aliphatic carbocycles. The highest BCUT2D eigenvalue weighted by molar-refractivity contribution is 5.89. The van der Waals surface area contributed by atoms with E-state index in [1.165, 1.54) is 19.2 Å². The zero-order valence-electron chi connectivity index (χ0n) is 13.6. The summed E-state index contributed by atoms with van der Waals surface area (Å²) in [6, 6.07) is 9.04. The molecule has 0 saturated heterocycles. The Kier molecular flexibility index (Phi) is 4.47. The molecule has 0 radical (unpaired) electrons. The topological polar surface area (TPSA) is 81.3 Å². The van der Waals surface area contributed by atoms with E-state index in [9.17, 15) is 14.0 Å². The van der Waals surface area contributed by atoms with Crippen molar-refractivity contribution in [2.24, 2.45) is 0 Å². The van der Waals surface area contributed by atoms with E-state index in [0.29, 0.717) is 10.9 Å². The second-order valence-electron chi connectivity index (χ2n) is 5.41. The summed E-state index contributed by atoms with van der Waals surface area (Å²) in [5.74, 6) is -1.14. The fourth-order valence-electron chi connectivity index (χ4n) is 2.43. The van der Waals surface area contributed by atoms with Crippen LogP contribution in [0.3, 0.4) is 0 Å². The number of halogens is 1. The highest BCUT2D eigenvalue weighted by Crippen LogP contribution is 2.18. The van der Waals surface area contributed by atoms with Crippen LogP contribution in [0.2, 0.25) is 0 Å². The second-order valence-corrected chi connectivity index (χ2v) is 5.41. The molecule has 1 N–H and O–H groups in total. The van der Waals surface area contributed by atoms with Crippen molar-refractivity contribution in [2.45, 2.75) is 13.5 Å². The van der Waals surface area contributed by atoms with Crippen LogP contribution in [-0.4, -0.2) is 23.0 Å². The number of carbonyl (C=O) groups is 1. The van der Waals surface area contributed by atoms with Gasteiger partial charge in [-0.05, 0) is 36.8 Å². The molecule has 3 aromatic rings. The lowest BCUT2D eigenvalue weighted by molar-refractivity contribution is 0.0461. The molecule has 1 heterocycles. The normalized spacial score (nSPS) is 10.7. The van der Waals surface area contributed by atoms with Crippen LogP contribution in [-0.2, 0) is 11.3 Å². The SMILES string of the molecule is COc1ccc(C(=O)OCc2nc3c(C)cccc3c(=O)[nH]2)cc1F. The Morgan fingerprint density at radius 3 is 2.80 bits per heavy atom. The number of rotatable bonds is 4. The number of aromatic amines is 1. The fraction of sp³-hybridized carbons (Fsp3) is 0.167. The van der Waals surface area contributed by atoms with Crippen molar-refractivity contribution < 1.29 is 18.7 Å². The Labute approximate surface area is 142 Å². The Bertz CT molecular complexity index is 1010. The van der Waals surface area contributed by atoms with Crippen LogP contribution in [0.25, 0.3) is 10.9 Å². The number of benzene rings is 2. The zero-order valence-corrected chi connectivity index (χ0v) is 13.6. The van der Waals surface area contributed by atoms with E-state index < -0.39 is 11.8 Å². The molecule has 0 spiro atoms. The van der Waals surface area contributed by atoms with Gasteiger partial charge in [-0.15, -0.1) is 0 Å². The number of fused-ring (bicyclic) bond motifs is 1. The molecule has 0 saturated carbocycles. The number of esters is 1. The van der Waals surface area contributed by atoms with E-state index in [2.05, 4.69) is 9.97 Å². The minimum atomic E-state index is -0.728. The first-order valence-corrected chi connectivity index (χ1v) is 7.49. The maximum absolute atomic E-state index is 13.7. The van der Waals surface area contributed by atoms with Crippen molar-refractivity contribution in [3.8, 4) is 5.75 Å². The standard InChI is InChI=1S/C18H15FN2O4/c1-10-4-3-5-12-16(10)20-15(21-17(12)22)9-25-18(23)11-6-7-14(24-2)13(19)8-11/h3-8H,9H2,1-2H3,(H,20,21,22). The predicted molar refractivity (Wildman–Crippen MR) is 89.2 cm³/mol. The molecule has 6 nitrogen and oxygen atoms in total. The number of H-pyrrole nitrogens is 1. The highest BCUT2D eigenvalue weighted by Gasteiger charge is 2.13. The van der Waals surface area contributed by atoms with Gasteiger partial charge in [0.2, 0.25) is 0 Å². The van der Waals surface area contributed by atoms with Crippen LogP contribution in [0, 0.1) is 12.7 Å². The lowest BCUT2D eigenvalue weighted by Gasteiger charge is -2.07. The third-order valence-electron chi connectivity index (χ3n) is 3.71. The maximum atomic E-state index is 13.7. The van der Waals surface area contributed by atoms with Crippen LogP contribution < -0.4 is 10.3 Å². The molecule has 2 aromatic carbocycles. The Morgan fingerprint density at radius 2 is 2.08 bits per heavy atom. The van der Waals surface area contributed by atoms with Crippen molar-refractivity contribution in [1.29, 1.82) is 0 Å². The maximum Gasteiger partial charge on any atom is 0.338 e. The molecule has 0 amide bonds. The summed E-state index contributed by atoms with van der Waals surface area (Å²) in [6.07, 6.45) is 0. The fourth-order valence-corrected chi connectivity index (χ4v) is 2.43. The summed E-state index contributed by atoms with van der Waals surface area (Å²) in [7, 11) is 1.33. The van der Waals surface area contributed by atoms with Gasteiger partial charge in [0.05, 0.1) is 23.6 Å². The minimum absolute atomic E-state index is 0.0348. The van der Waals surface area contributed by atoms with E-state index in [0.717, 1.165) is 11.6 Å². The molecular formula is C18H15FN2O4. The summed E-state index contributed by atoms with van der Waals surface area (Å²) in [5.41, 5.74) is 1.12. The van der Waals surface area contributed by atoms with Crippen LogP contribution in [0.4, 0.5) is 4.39 Å². The van der Waals surface area contributed by atoms with Gasteiger partial charge in [-0.3, -0.25) is 4.79 Å². The number of aromatic nitrogens is 2. The molecule has 3 rings (SSSR count). The van der Waals surface area contributed by atoms with Crippen molar-refractivity contribution in [3.63, 3.8) is 0 Å². The van der Waals surface area contributed by atoms with Crippen molar-refractivity contribution in [3.05, 3.63) is 69.5 Å². The molecule has 128 valence electrons. The lowest BCUT2D eigenvalue weighted by atomic mass is 10.1. The summed E-state index contributed by atoms with van der Waals surface area (Å²) >= 11 is 0. The summed E-state index contributed by atoms with van der Waals surface area (Å²) in [6.45, 7) is 1.61. The first-order valence-electron chi connectivity index (χ1n) is 7.49. The number of hydrogen-bond acceptors (Lipinski definition) is 5. The number of para-hydroxylation sites is 1. The number of ether oxygens (including phenoxy) is 2. The average molecular weight is 342 g/mol. The first-order chi connectivity index (χ1) is 12.0. The van der Waals surface area contributed by atoms with Crippen molar-refractivity contribution in [2.75, 3.05) is 7.11 Å². The van der Waals surface area contributed by atoms with E-state index in [1.54, 1.807) is 12.1 Å². The van der Waals surface area contributed by atoms with Crippen molar-refractivity contribution in [1.82, 2.24) is 9.97 Å².